The minimum Gasteiger partial charge on any atom is -0.493 e. The number of hydrogen-bond donors (Lipinski definition) is 2. The van der Waals surface area contributed by atoms with Crippen molar-refractivity contribution in [3.8, 4) is 23.0 Å². The summed E-state index contributed by atoms with van der Waals surface area (Å²) in [4.78, 5) is 40.4. The number of rotatable bonds is 9. The molecule has 0 bridgehead atoms. The van der Waals surface area contributed by atoms with Crippen LogP contribution in [-0.2, 0) is 11.3 Å². The number of esters is 1. The molecule has 0 spiro atoms. The molecule has 5 rings (SSSR count). The standard InChI is InChI=1S/C27H23F3N6O6/c1-14-15-12-19(39-2)20(40-3)13-17(15)33-25(31-14)35-26-32-16-6-7-18(41-11-10-36-8-4-5-9-36)22(21(16)23(37)34-26)42-24(38)27(28,29)30/h4-9,12-13H,10-11H2,1-3H3,(H2,31,32,33,34,35,37). The first-order chi connectivity index (χ1) is 20.1. The van der Waals surface area contributed by atoms with Gasteiger partial charge in [-0.3, -0.25) is 15.1 Å². The minimum atomic E-state index is -5.32. The van der Waals surface area contributed by atoms with E-state index < -0.39 is 28.8 Å². The average molecular weight is 585 g/mol. The maximum absolute atomic E-state index is 13.1. The molecule has 3 heterocycles. The van der Waals surface area contributed by atoms with Crippen LogP contribution in [0.1, 0.15) is 5.69 Å². The van der Waals surface area contributed by atoms with Crippen LogP contribution in [0.15, 0.2) is 53.6 Å². The van der Waals surface area contributed by atoms with E-state index in [0.717, 1.165) is 0 Å². The lowest BCUT2D eigenvalue weighted by Crippen LogP contribution is -2.29. The van der Waals surface area contributed by atoms with E-state index in [4.69, 9.17) is 14.2 Å². The van der Waals surface area contributed by atoms with Gasteiger partial charge in [-0.1, -0.05) is 0 Å². The molecule has 0 aliphatic rings. The molecule has 0 radical (unpaired) electrons. The molecule has 0 saturated heterocycles. The average Bonchev–Trinajstić information content (AvgIpc) is 3.46. The molecule has 0 amide bonds. The van der Waals surface area contributed by atoms with Crippen LogP contribution in [0.5, 0.6) is 23.0 Å². The second kappa shape index (κ2) is 11.3. The molecule has 0 aliphatic carbocycles. The fourth-order valence-corrected chi connectivity index (χ4v) is 4.16. The Hall–Kier alpha value is -5.34. The number of carbonyl (C=O) groups excluding carboxylic acids is 1. The fraction of sp³-hybridized carbons (Fsp3) is 0.222. The Kier molecular flexibility index (Phi) is 7.56. The van der Waals surface area contributed by atoms with Crippen molar-refractivity contribution < 1.29 is 36.9 Å². The number of hydrogen-bond acceptors (Lipinski definition) is 10. The molecule has 5 aromatic rings. The number of aryl methyl sites for hydroxylation is 1. The van der Waals surface area contributed by atoms with E-state index in [-0.39, 0.29) is 29.8 Å². The van der Waals surface area contributed by atoms with Crippen LogP contribution < -0.4 is 29.8 Å². The second-order valence-corrected chi connectivity index (χ2v) is 8.84. The molecular weight excluding hydrogens is 561 g/mol. The molecule has 218 valence electrons. The Labute approximate surface area is 235 Å². The van der Waals surface area contributed by atoms with Gasteiger partial charge in [-0.15, -0.1) is 0 Å². The molecule has 0 unspecified atom stereocenters. The number of nitrogens with zero attached hydrogens (tertiary/aromatic N) is 4. The van der Waals surface area contributed by atoms with Crippen molar-refractivity contribution in [2.75, 3.05) is 26.1 Å². The topological polar surface area (TPSA) is 142 Å². The maximum Gasteiger partial charge on any atom is 0.491 e. The second-order valence-electron chi connectivity index (χ2n) is 8.84. The molecule has 0 fully saturated rings. The summed E-state index contributed by atoms with van der Waals surface area (Å²) in [6.45, 7) is 2.10. The molecule has 3 aromatic heterocycles. The van der Waals surface area contributed by atoms with Gasteiger partial charge in [-0.2, -0.15) is 13.2 Å². The van der Waals surface area contributed by atoms with Crippen molar-refractivity contribution in [1.82, 2.24) is 24.5 Å². The van der Waals surface area contributed by atoms with Crippen molar-refractivity contribution in [3.05, 3.63) is 64.8 Å². The quantitative estimate of drug-likeness (QED) is 0.190. The van der Waals surface area contributed by atoms with E-state index in [0.29, 0.717) is 34.6 Å². The molecule has 12 nitrogen and oxygen atoms in total. The summed E-state index contributed by atoms with van der Waals surface area (Å²) < 4.78 is 61.9. The summed E-state index contributed by atoms with van der Waals surface area (Å²) >= 11 is 0. The first kappa shape index (κ1) is 28.2. The van der Waals surface area contributed by atoms with Gasteiger partial charge in [0, 0.05) is 23.8 Å². The number of ether oxygens (including phenoxy) is 4. The van der Waals surface area contributed by atoms with Crippen LogP contribution in [0, 0.1) is 6.92 Å². The van der Waals surface area contributed by atoms with Crippen LogP contribution in [0.25, 0.3) is 21.8 Å². The summed E-state index contributed by atoms with van der Waals surface area (Å²) in [5, 5.41) is 3.08. The minimum absolute atomic E-state index is 0.0110. The summed E-state index contributed by atoms with van der Waals surface area (Å²) in [6, 6.07) is 9.59. The number of carbonyl (C=O) groups is 1. The zero-order valence-corrected chi connectivity index (χ0v) is 22.4. The van der Waals surface area contributed by atoms with Crippen LogP contribution in [0.4, 0.5) is 25.1 Å². The van der Waals surface area contributed by atoms with Crippen molar-refractivity contribution >= 4 is 39.7 Å². The molecule has 42 heavy (non-hydrogen) atoms. The van der Waals surface area contributed by atoms with Crippen LogP contribution in [0.3, 0.4) is 0 Å². The zero-order chi connectivity index (χ0) is 30.0. The monoisotopic (exact) mass is 584 g/mol. The van der Waals surface area contributed by atoms with Crippen molar-refractivity contribution in [2.45, 2.75) is 19.6 Å². The highest BCUT2D eigenvalue weighted by Crippen LogP contribution is 2.36. The van der Waals surface area contributed by atoms with Gasteiger partial charge in [-0.25, -0.2) is 19.7 Å². The van der Waals surface area contributed by atoms with Gasteiger partial charge in [0.25, 0.3) is 5.56 Å². The number of benzene rings is 2. The molecule has 0 aliphatic heterocycles. The number of aromatic nitrogens is 5. The largest absolute Gasteiger partial charge is 0.493 e. The van der Waals surface area contributed by atoms with Gasteiger partial charge in [-0.05, 0) is 37.3 Å². The third-order valence-electron chi connectivity index (χ3n) is 6.11. The lowest BCUT2D eigenvalue weighted by atomic mass is 10.1. The van der Waals surface area contributed by atoms with Gasteiger partial charge in [0.05, 0.1) is 37.5 Å². The van der Waals surface area contributed by atoms with E-state index in [1.807, 2.05) is 0 Å². The predicted octanol–water partition coefficient (Wildman–Crippen LogP) is 4.28. The molecule has 15 heteroatoms. The van der Waals surface area contributed by atoms with E-state index >= 15 is 0 Å². The number of H-pyrrole nitrogens is 1. The van der Waals surface area contributed by atoms with Crippen molar-refractivity contribution in [3.63, 3.8) is 0 Å². The normalized spacial score (nSPS) is 11.5. The SMILES string of the molecule is COc1cc2nc(Nc3nc4ccc(OCCn5cccc5)c(OC(=O)C(F)(F)F)c4c(=O)[nH]3)nc(C)c2cc1OC. The highest BCUT2D eigenvalue weighted by Gasteiger charge is 2.42. The first-order valence-corrected chi connectivity index (χ1v) is 12.3. The molecule has 2 aromatic carbocycles. The smallest absolute Gasteiger partial charge is 0.491 e. The lowest BCUT2D eigenvalue weighted by Gasteiger charge is -2.15. The molecule has 0 atom stereocenters. The van der Waals surface area contributed by atoms with Crippen LogP contribution in [-0.4, -0.2) is 57.5 Å². The van der Waals surface area contributed by atoms with Gasteiger partial charge >= 0.3 is 12.1 Å². The summed E-state index contributed by atoms with van der Waals surface area (Å²) in [5.74, 6) is -2.56. The van der Waals surface area contributed by atoms with Crippen molar-refractivity contribution in [2.24, 2.45) is 0 Å². The van der Waals surface area contributed by atoms with E-state index in [1.165, 1.54) is 26.4 Å². The van der Waals surface area contributed by atoms with Gasteiger partial charge in [0.2, 0.25) is 11.9 Å². The summed E-state index contributed by atoms with van der Waals surface area (Å²) in [6.07, 6.45) is -1.78. The number of nitrogens with one attached hydrogen (secondary N) is 2. The summed E-state index contributed by atoms with van der Waals surface area (Å²) in [7, 11) is 2.99. The third-order valence-corrected chi connectivity index (χ3v) is 6.11. The Morgan fingerprint density at radius 2 is 1.71 bits per heavy atom. The van der Waals surface area contributed by atoms with Crippen molar-refractivity contribution in [1.29, 1.82) is 0 Å². The van der Waals surface area contributed by atoms with E-state index in [2.05, 4.69) is 30.0 Å². The van der Waals surface area contributed by atoms with Crippen LogP contribution >= 0.6 is 0 Å². The number of anilines is 2. The van der Waals surface area contributed by atoms with E-state index in [9.17, 15) is 22.8 Å². The number of alkyl halides is 3. The predicted molar refractivity (Wildman–Crippen MR) is 145 cm³/mol. The summed E-state index contributed by atoms with van der Waals surface area (Å²) in [5.41, 5.74) is 0.114. The Morgan fingerprint density at radius 3 is 2.40 bits per heavy atom. The first-order valence-electron chi connectivity index (χ1n) is 12.3. The zero-order valence-electron chi connectivity index (χ0n) is 22.4. The Bertz CT molecular complexity index is 1840. The molecular formula is C27H23F3N6O6. The highest BCUT2D eigenvalue weighted by molar-refractivity contribution is 5.91. The van der Waals surface area contributed by atoms with Gasteiger partial charge in [0.15, 0.2) is 23.0 Å². The maximum atomic E-state index is 13.1. The van der Waals surface area contributed by atoms with E-state index in [1.54, 1.807) is 48.1 Å². The Balaban J connectivity index is 1.51. The number of aromatic amines is 1. The molecule has 0 saturated carbocycles. The lowest BCUT2D eigenvalue weighted by molar-refractivity contribution is -0.189. The third kappa shape index (κ3) is 5.75. The number of methoxy groups -OCH3 is 2. The number of halogens is 3. The fourth-order valence-electron chi connectivity index (χ4n) is 4.16. The van der Waals surface area contributed by atoms with Gasteiger partial charge in [0.1, 0.15) is 12.0 Å². The Morgan fingerprint density at radius 1 is 1.00 bits per heavy atom. The number of fused-ring (bicyclic) bond motifs is 2. The highest BCUT2D eigenvalue weighted by atomic mass is 19.4. The molecule has 2 N–H and O–H groups in total. The van der Waals surface area contributed by atoms with Gasteiger partial charge < -0.3 is 23.5 Å². The van der Waals surface area contributed by atoms with Crippen LogP contribution in [0.2, 0.25) is 0 Å².